The molecule has 1 aliphatic heterocycles. The molecule has 5 nitrogen and oxygen atoms in total. The molecule has 21 heavy (non-hydrogen) atoms. The van der Waals surface area contributed by atoms with E-state index in [2.05, 4.69) is 0 Å². The lowest BCUT2D eigenvalue weighted by Crippen LogP contribution is -2.40. The molecule has 2 N–H and O–H groups in total. The highest BCUT2D eigenvalue weighted by Gasteiger charge is 2.38. The Morgan fingerprint density at radius 1 is 1.38 bits per heavy atom. The minimum atomic E-state index is -1.11. The number of likely N-dealkylation sites (tertiary alicyclic amines) is 1. The molecule has 0 spiro atoms. The molecule has 1 aliphatic rings. The topological polar surface area (TPSA) is 77.8 Å². The number of carbonyl (C=O) groups excluding carboxylic acids is 1. The van der Waals surface area contributed by atoms with Gasteiger partial charge in [-0.1, -0.05) is 12.1 Å². The number of hydrogen-bond donors (Lipinski definition) is 2. The summed E-state index contributed by atoms with van der Waals surface area (Å²) in [5.41, 5.74) is 0. The lowest BCUT2D eigenvalue weighted by molar-refractivity contribution is -0.148. The predicted octanol–water partition coefficient (Wildman–Crippen LogP) is 1.35. The maximum absolute atomic E-state index is 13.4. The summed E-state index contributed by atoms with van der Waals surface area (Å²) in [5.74, 6) is -1.42. The number of hydrogen-bond acceptors (Lipinski definition) is 4. The second-order valence-corrected chi connectivity index (χ2v) is 5.96. The average molecular weight is 313 g/mol. The number of benzene rings is 1. The summed E-state index contributed by atoms with van der Waals surface area (Å²) in [4.78, 5) is 24.7. The Labute approximate surface area is 125 Å². The van der Waals surface area contributed by atoms with E-state index in [-0.39, 0.29) is 31.1 Å². The first kappa shape index (κ1) is 15.8. The van der Waals surface area contributed by atoms with E-state index in [9.17, 15) is 19.1 Å². The standard InChI is InChI=1S/C14H16FNO4S/c15-10-3-1-2-4-12(10)21-6-5-13(18)16-8-9(17)7-11(16)14(19)20/h1-4,9,11,17H,5-8H2,(H,19,20)/t9-,11-/m0/s1. The number of carbonyl (C=O) groups is 2. The first-order valence-corrected chi connectivity index (χ1v) is 7.55. The van der Waals surface area contributed by atoms with Crippen LogP contribution >= 0.6 is 11.8 Å². The monoisotopic (exact) mass is 313 g/mol. The molecule has 7 heteroatoms. The molecule has 2 rings (SSSR count). The van der Waals surface area contributed by atoms with Crippen LogP contribution in [0.25, 0.3) is 0 Å². The number of β-amino-alcohol motifs (C(OH)–C–C–N with tert-alkyl or cyclic N) is 1. The normalized spacial score (nSPS) is 21.5. The number of aliphatic hydroxyl groups excluding tert-OH is 1. The second kappa shape index (κ2) is 6.91. The first-order chi connectivity index (χ1) is 9.99. The molecule has 0 aliphatic carbocycles. The molecule has 1 fully saturated rings. The maximum atomic E-state index is 13.4. The maximum Gasteiger partial charge on any atom is 0.326 e. The van der Waals surface area contributed by atoms with Gasteiger partial charge in [0.05, 0.1) is 6.10 Å². The minimum Gasteiger partial charge on any atom is -0.480 e. The van der Waals surface area contributed by atoms with E-state index < -0.39 is 18.1 Å². The fourth-order valence-corrected chi connectivity index (χ4v) is 3.15. The van der Waals surface area contributed by atoms with Gasteiger partial charge in [-0.3, -0.25) is 4.79 Å². The van der Waals surface area contributed by atoms with Gasteiger partial charge in [0.2, 0.25) is 5.91 Å². The van der Waals surface area contributed by atoms with Crippen molar-refractivity contribution in [1.29, 1.82) is 0 Å². The highest BCUT2D eigenvalue weighted by molar-refractivity contribution is 7.99. The molecule has 1 saturated heterocycles. The molecule has 1 heterocycles. The molecular weight excluding hydrogens is 297 g/mol. The molecule has 1 amide bonds. The van der Waals surface area contributed by atoms with E-state index in [1.54, 1.807) is 18.2 Å². The van der Waals surface area contributed by atoms with E-state index in [0.717, 1.165) is 0 Å². The molecule has 0 aromatic heterocycles. The number of nitrogens with zero attached hydrogens (tertiary/aromatic N) is 1. The Balaban J connectivity index is 1.87. The molecule has 114 valence electrons. The minimum absolute atomic E-state index is 0.0418. The highest BCUT2D eigenvalue weighted by Crippen LogP contribution is 2.24. The molecule has 2 atom stereocenters. The molecule has 1 aromatic carbocycles. The van der Waals surface area contributed by atoms with Crippen LogP contribution in [0.1, 0.15) is 12.8 Å². The van der Waals surface area contributed by atoms with E-state index in [1.165, 1.54) is 22.7 Å². The van der Waals surface area contributed by atoms with Crippen LogP contribution < -0.4 is 0 Å². The molecule has 1 aromatic rings. The Bertz CT molecular complexity index is 539. The summed E-state index contributed by atoms with van der Waals surface area (Å²) < 4.78 is 13.4. The van der Waals surface area contributed by atoms with Crippen LogP contribution in [0, 0.1) is 5.82 Å². The van der Waals surface area contributed by atoms with Gasteiger partial charge in [-0.15, -0.1) is 11.8 Å². The molecule has 0 bridgehead atoms. The van der Waals surface area contributed by atoms with Gasteiger partial charge in [0, 0.05) is 30.0 Å². The average Bonchev–Trinajstić information content (AvgIpc) is 2.83. The fourth-order valence-electron chi connectivity index (χ4n) is 2.28. The fraction of sp³-hybridized carbons (Fsp3) is 0.429. The van der Waals surface area contributed by atoms with Crippen molar-refractivity contribution >= 4 is 23.6 Å². The van der Waals surface area contributed by atoms with Gasteiger partial charge in [-0.05, 0) is 12.1 Å². The lowest BCUT2D eigenvalue weighted by Gasteiger charge is -2.21. The number of carboxylic acids is 1. The van der Waals surface area contributed by atoms with Crippen molar-refractivity contribution < 1.29 is 24.2 Å². The smallest absolute Gasteiger partial charge is 0.326 e. The van der Waals surface area contributed by atoms with Crippen molar-refractivity contribution in [3.8, 4) is 0 Å². The van der Waals surface area contributed by atoms with Gasteiger partial charge in [-0.25, -0.2) is 9.18 Å². The van der Waals surface area contributed by atoms with Crippen LogP contribution in [-0.2, 0) is 9.59 Å². The summed E-state index contributed by atoms with van der Waals surface area (Å²) in [6.07, 6.45) is -0.633. The number of halogens is 1. The molecule has 0 radical (unpaired) electrons. The first-order valence-electron chi connectivity index (χ1n) is 6.56. The van der Waals surface area contributed by atoms with Crippen molar-refractivity contribution in [2.75, 3.05) is 12.3 Å². The number of thioether (sulfide) groups is 1. The summed E-state index contributed by atoms with van der Waals surface area (Å²) >= 11 is 1.21. The molecule has 0 saturated carbocycles. The number of aliphatic hydroxyl groups is 1. The predicted molar refractivity (Wildman–Crippen MR) is 75.5 cm³/mol. The van der Waals surface area contributed by atoms with Gasteiger partial charge in [-0.2, -0.15) is 0 Å². The van der Waals surface area contributed by atoms with E-state index in [1.807, 2.05) is 0 Å². The molecule has 0 unspecified atom stereocenters. The van der Waals surface area contributed by atoms with Crippen molar-refractivity contribution in [3.05, 3.63) is 30.1 Å². The summed E-state index contributed by atoms with van der Waals surface area (Å²) in [5, 5.41) is 18.5. The quantitative estimate of drug-likeness (QED) is 0.803. The number of aliphatic carboxylic acids is 1. The summed E-state index contributed by atoms with van der Waals surface area (Å²) in [6.45, 7) is 0.0418. The number of rotatable bonds is 5. The van der Waals surface area contributed by atoms with Gasteiger partial charge in [0.1, 0.15) is 11.9 Å². The van der Waals surface area contributed by atoms with Gasteiger partial charge >= 0.3 is 5.97 Å². The van der Waals surface area contributed by atoms with E-state index >= 15 is 0 Å². The third-order valence-electron chi connectivity index (χ3n) is 3.29. The van der Waals surface area contributed by atoms with Gasteiger partial charge in [0.15, 0.2) is 0 Å². The number of carboxylic acid groups (broad SMARTS) is 1. The summed E-state index contributed by atoms with van der Waals surface area (Å²) in [7, 11) is 0. The third kappa shape index (κ3) is 3.95. The Kier molecular flexibility index (Phi) is 5.19. The Morgan fingerprint density at radius 3 is 2.76 bits per heavy atom. The Morgan fingerprint density at radius 2 is 2.10 bits per heavy atom. The van der Waals surface area contributed by atoms with Crippen molar-refractivity contribution in [2.24, 2.45) is 0 Å². The van der Waals surface area contributed by atoms with Crippen molar-refractivity contribution in [2.45, 2.75) is 29.9 Å². The van der Waals surface area contributed by atoms with Crippen molar-refractivity contribution in [1.82, 2.24) is 4.90 Å². The van der Waals surface area contributed by atoms with Crippen LogP contribution in [-0.4, -0.2) is 51.4 Å². The van der Waals surface area contributed by atoms with Gasteiger partial charge < -0.3 is 15.1 Å². The SMILES string of the molecule is O=C(O)[C@@H]1C[C@H](O)CN1C(=O)CCSc1ccccc1F. The molecular formula is C14H16FNO4S. The van der Waals surface area contributed by atoms with Crippen LogP contribution in [0.15, 0.2) is 29.2 Å². The zero-order chi connectivity index (χ0) is 15.4. The zero-order valence-corrected chi connectivity index (χ0v) is 12.1. The number of amides is 1. The largest absolute Gasteiger partial charge is 0.480 e. The second-order valence-electron chi connectivity index (χ2n) is 4.82. The lowest BCUT2D eigenvalue weighted by atomic mass is 10.2. The van der Waals surface area contributed by atoms with Crippen LogP contribution in [0.5, 0.6) is 0 Å². The van der Waals surface area contributed by atoms with E-state index in [4.69, 9.17) is 5.11 Å². The van der Waals surface area contributed by atoms with Crippen LogP contribution in [0.2, 0.25) is 0 Å². The summed E-state index contributed by atoms with van der Waals surface area (Å²) in [6, 6.07) is 5.31. The third-order valence-corrected chi connectivity index (χ3v) is 4.34. The Hall–Kier alpha value is -1.60. The highest BCUT2D eigenvalue weighted by atomic mass is 32.2. The van der Waals surface area contributed by atoms with E-state index in [0.29, 0.717) is 10.6 Å². The van der Waals surface area contributed by atoms with Crippen LogP contribution in [0.3, 0.4) is 0 Å². The van der Waals surface area contributed by atoms with Crippen molar-refractivity contribution in [3.63, 3.8) is 0 Å². The van der Waals surface area contributed by atoms with Crippen LogP contribution in [0.4, 0.5) is 4.39 Å². The van der Waals surface area contributed by atoms with Gasteiger partial charge in [0.25, 0.3) is 0 Å². The zero-order valence-electron chi connectivity index (χ0n) is 11.2.